The van der Waals surface area contributed by atoms with Gasteiger partial charge < -0.3 is 19.6 Å². The smallest absolute Gasteiger partial charge is 0.372 e. The van der Waals surface area contributed by atoms with Gasteiger partial charge in [-0.3, -0.25) is 0 Å². The quantitative estimate of drug-likeness (QED) is 0.835. The standard InChI is InChI=1S/C12H17NO4/c1-12(4-2-5-16-8-12)13-7-9-3-6-17-10(9)11(14)15/h3,6,13H,2,4-5,7-8H2,1H3,(H,14,15). The summed E-state index contributed by atoms with van der Waals surface area (Å²) in [6.07, 6.45) is 3.47. The molecule has 1 saturated heterocycles. The van der Waals surface area contributed by atoms with Crippen LogP contribution in [-0.4, -0.2) is 29.8 Å². The molecule has 1 unspecified atom stereocenters. The summed E-state index contributed by atoms with van der Waals surface area (Å²) in [5.41, 5.74) is 0.593. The Morgan fingerprint density at radius 1 is 1.65 bits per heavy atom. The molecule has 0 radical (unpaired) electrons. The van der Waals surface area contributed by atoms with Crippen LogP contribution in [0.3, 0.4) is 0 Å². The zero-order chi connectivity index (χ0) is 12.3. The minimum Gasteiger partial charge on any atom is -0.475 e. The van der Waals surface area contributed by atoms with Gasteiger partial charge in [-0.05, 0) is 25.8 Å². The van der Waals surface area contributed by atoms with Crippen molar-refractivity contribution in [3.63, 3.8) is 0 Å². The molecule has 0 amide bonds. The molecule has 5 heteroatoms. The van der Waals surface area contributed by atoms with E-state index in [9.17, 15) is 4.79 Å². The number of hydrogen-bond donors (Lipinski definition) is 2. The molecule has 2 rings (SSSR count). The van der Waals surface area contributed by atoms with Gasteiger partial charge in [-0.15, -0.1) is 0 Å². The highest BCUT2D eigenvalue weighted by Gasteiger charge is 2.27. The highest BCUT2D eigenvalue weighted by atomic mass is 16.5. The summed E-state index contributed by atoms with van der Waals surface area (Å²) in [7, 11) is 0. The second-order valence-electron chi connectivity index (χ2n) is 4.65. The zero-order valence-electron chi connectivity index (χ0n) is 9.86. The van der Waals surface area contributed by atoms with E-state index in [1.54, 1.807) is 6.07 Å². The maximum atomic E-state index is 10.9. The van der Waals surface area contributed by atoms with Crippen LogP contribution in [0, 0.1) is 0 Å². The molecule has 17 heavy (non-hydrogen) atoms. The molecule has 1 aromatic rings. The third kappa shape index (κ3) is 2.87. The molecule has 5 nitrogen and oxygen atoms in total. The molecule has 0 spiro atoms. The summed E-state index contributed by atoms with van der Waals surface area (Å²) >= 11 is 0. The minimum absolute atomic E-state index is 0.0119. The van der Waals surface area contributed by atoms with Crippen molar-refractivity contribution in [1.29, 1.82) is 0 Å². The summed E-state index contributed by atoms with van der Waals surface area (Å²) in [5, 5.41) is 12.3. The minimum atomic E-state index is -1.03. The highest BCUT2D eigenvalue weighted by molar-refractivity contribution is 5.86. The van der Waals surface area contributed by atoms with Crippen molar-refractivity contribution >= 4 is 5.97 Å². The summed E-state index contributed by atoms with van der Waals surface area (Å²) in [5.74, 6) is -1.02. The van der Waals surface area contributed by atoms with Crippen LogP contribution in [0.2, 0.25) is 0 Å². The van der Waals surface area contributed by atoms with E-state index < -0.39 is 5.97 Å². The predicted molar refractivity (Wildman–Crippen MR) is 61.0 cm³/mol. The van der Waals surface area contributed by atoms with Crippen LogP contribution in [0.4, 0.5) is 0 Å². The van der Waals surface area contributed by atoms with Crippen molar-refractivity contribution in [3.05, 3.63) is 23.7 Å². The van der Waals surface area contributed by atoms with Gasteiger partial charge in [0.1, 0.15) is 0 Å². The van der Waals surface area contributed by atoms with Crippen LogP contribution in [0.15, 0.2) is 16.7 Å². The van der Waals surface area contributed by atoms with E-state index >= 15 is 0 Å². The van der Waals surface area contributed by atoms with Gasteiger partial charge in [0.05, 0.1) is 12.9 Å². The third-order valence-corrected chi connectivity index (χ3v) is 3.08. The van der Waals surface area contributed by atoms with Crippen molar-refractivity contribution in [2.24, 2.45) is 0 Å². The molecule has 94 valence electrons. The molecule has 1 aliphatic rings. The van der Waals surface area contributed by atoms with Gasteiger partial charge in [0.15, 0.2) is 0 Å². The van der Waals surface area contributed by atoms with Crippen molar-refractivity contribution in [2.75, 3.05) is 13.2 Å². The maximum Gasteiger partial charge on any atom is 0.372 e. The van der Waals surface area contributed by atoms with Crippen molar-refractivity contribution in [2.45, 2.75) is 31.8 Å². The average molecular weight is 239 g/mol. The number of hydrogen-bond acceptors (Lipinski definition) is 4. The van der Waals surface area contributed by atoms with E-state index in [-0.39, 0.29) is 11.3 Å². The lowest BCUT2D eigenvalue weighted by molar-refractivity contribution is 0.0276. The Bertz CT molecular complexity index is 393. The molecule has 0 saturated carbocycles. The SMILES string of the molecule is CC1(NCc2ccoc2C(=O)O)CCCOC1. The van der Waals surface area contributed by atoms with Crippen LogP contribution in [0.5, 0.6) is 0 Å². The largest absolute Gasteiger partial charge is 0.475 e. The Morgan fingerprint density at radius 2 is 2.47 bits per heavy atom. The molecular weight excluding hydrogens is 222 g/mol. The molecular formula is C12H17NO4. The molecule has 2 N–H and O–H groups in total. The molecule has 1 aromatic heterocycles. The Morgan fingerprint density at radius 3 is 3.12 bits per heavy atom. The van der Waals surface area contributed by atoms with Crippen molar-refractivity contribution in [3.8, 4) is 0 Å². The first kappa shape index (κ1) is 12.1. The van der Waals surface area contributed by atoms with Crippen LogP contribution < -0.4 is 5.32 Å². The van der Waals surface area contributed by atoms with Gasteiger partial charge in [-0.25, -0.2) is 4.79 Å². The summed E-state index contributed by atoms with van der Waals surface area (Å²) in [4.78, 5) is 10.9. The summed E-state index contributed by atoms with van der Waals surface area (Å²) in [6, 6.07) is 1.68. The molecule has 0 aromatic carbocycles. The zero-order valence-corrected chi connectivity index (χ0v) is 9.86. The molecule has 2 heterocycles. The van der Waals surface area contributed by atoms with E-state index in [1.807, 2.05) is 0 Å². The number of carboxylic acid groups (broad SMARTS) is 1. The topological polar surface area (TPSA) is 71.7 Å². The Hall–Kier alpha value is -1.33. The second kappa shape index (κ2) is 4.89. The third-order valence-electron chi connectivity index (χ3n) is 3.08. The van der Waals surface area contributed by atoms with Crippen LogP contribution >= 0.6 is 0 Å². The van der Waals surface area contributed by atoms with Crippen molar-refractivity contribution in [1.82, 2.24) is 5.32 Å². The fourth-order valence-electron chi connectivity index (χ4n) is 2.04. The lowest BCUT2D eigenvalue weighted by atomic mass is 9.94. The average Bonchev–Trinajstić information content (AvgIpc) is 2.76. The van der Waals surface area contributed by atoms with E-state index in [4.69, 9.17) is 14.3 Å². The van der Waals surface area contributed by atoms with E-state index in [1.165, 1.54) is 6.26 Å². The second-order valence-corrected chi connectivity index (χ2v) is 4.65. The number of rotatable bonds is 4. The maximum absolute atomic E-state index is 10.9. The number of furan rings is 1. The van der Waals surface area contributed by atoms with Gasteiger partial charge >= 0.3 is 5.97 Å². The molecule has 1 fully saturated rings. The number of nitrogens with one attached hydrogen (secondary N) is 1. The molecule has 0 bridgehead atoms. The number of aromatic carboxylic acids is 1. The highest BCUT2D eigenvalue weighted by Crippen LogP contribution is 2.20. The van der Waals surface area contributed by atoms with E-state index in [0.29, 0.717) is 18.7 Å². The molecule has 0 aliphatic carbocycles. The summed E-state index contributed by atoms with van der Waals surface area (Å²) < 4.78 is 10.4. The van der Waals surface area contributed by atoms with Crippen LogP contribution in [0.25, 0.3) is 0 Å². The normalized spacial score (nSPS) is 24.8. The fourth-order valence-corrected chi connectivity index (χ4v) is 2.04. The first-order valence-corrected chi connectivity index (χ1v) is 5.73. The number of carboxylic acids is 1. The van der Waals surface area contributed by atoms with Crippen molar-refractivity contribution < 1.29 is 19.1 Å². The van der Waals surface area contributed by atoms with Crippen LogP contribution in [-0.2, 0) is 11.3 Å². The Kier molecular flexibility index (Phi) is 3.49. The first-order valence-electron chi connectivity index (χ1n) is 5.73. The molecule has 1 atom stereocenters. The lowest BCUT2D eigenvalue weighted by Gasteiger charge is -2.34. The Labute approximate surface area is 99.8 Å². The van der Waals surface area contributed by atoms with Gasteiger partial charge in [0.25, 0.3) is 0 Å². The monoisotopic (exact) mass is 239 g/mol. The fraction of sp³-hybridized carbons (Fsp3) is 0.583. The lowest BCUT2D eigenvalue weighted by Crippen LogP contribution is -2.48. The van der Waals surface area contributed by atoms with E-state index in [0.717, 1.165) is 19.4 Å². The van der Waals surface area contributed by atoms with Gasteiger partial charge in [-0.1, -0.05) is 0 Å². The number of carbonyl (C=O) groups is 1. The number of ether oxygens (including phenoxy) is 1. The van der Waals surface area contributed by atoms with E-state index in [2.05, 4.69) is 12.2 Å². The first-order chi connectivity index (χ1) is 8.11. The van der Waals surface area contributed by atoms with Gasteiger partial charge in [0.2, 0.25) is 5.76 Å². The van der Waals surface area contributed by atoms with Gasteiger partial charge in [-0.2, -0.15) is 0 Å². The van der Waals surface area contributed by atoms with Gasteiger partial charge in [0, 0.05) is 24.3 Å². The summed E-state index contributed by atoms with van der Waals surface area (Å²) in [6.45, 7) is 4.04. The molecule has 1 aliphatic heterocycles. The van der Waals surface area contributed by atoms with Crippen LogP contribution in [0.1, 0.15) is 35.9 Å². The Balaban J connectivity index is 1.97. The predicted octanol–water partition coefficient (Wildman–Crippen LogP) is 1.64.